The molecular formula is C11H17ClN2O2. The second-order valence-corrected chi connectivity index (χ2v) is 4.51. The minimum Gasteiger partial charge on any atom is -0.440 e. The predicted octanol–water partition coefficient (Wildman–Crippen LogP) is 2.04. The minimum atomic E-state index is -0.275. The SMILES string of the molecule is CC(C)CC(CN)NC(=O)c1ccc(Cl)o1. The number of carbonyl (C=O) groups excluding carboxylic acids is 1. The van der Waals surface area contributed by atoms with Crippen LogP contribution in [0, 0.1) is 5.92 Å². The van der Waals surface area contributed by atoms with E-state index < -0.39 is 0 Å². The average molecular weight is 245 g/mol. The molecule has 16 heavy (non-hydrogen) atoms. The van der Waals surface area contributed by atoms with Crippen LogP contribution in [0.3, 0.4) is 0 Å². The first-order valence-corrected chi connectivity index (χ1v) is 5.67. The van der Waals surface area contributed by atoms with Crippen LogP contribution >= 0.6 is 11.6 Å². The molecule has 1 aromatic rings. The maximum absolute atomic E-state index is 11.7. The third-order valence-corrected chi connectivity index (χ3v) is 2.38. The van der Waals surface area contributed by atoms with Crippen LogP contribution in [0.4, 0.5) is 0 Å². The first kappa shape index (κ1) is 13.1. The van der Waals surface area contributed by atoms with Crippen LogP contribution in [-0.2, 0) is 0 Å². The van der Waals surface area contributed by atoms with E-state index in [0.717, 1.165) is 6.42 Å². The molecular weight excluding hydrogens is 228 g/mol. The normalized spacial score (nSPS) is 12.8. The smallest absolute Gasteiger partial charge is 0.287 e. The molecule has 3 N–H and O–H groups in total. The maximum atomic E-state index is 11.7. The summed E-state index contributed by atoms with van der Waals surface area (Å²) in [4.78, 5) is 11.7. The van der Waals surface area contributed by atoms with Gasteiger partial charge in [0.1, 0.15) is 0 Å². The fourth-order valence-corrected chi connectivity index (χ4v) is 1.62. The van der Waals surface area contributed by atoms with Crippen molar-refractivity contribution >= 4 is 17.5 Å². The Morgan fingerprint density at radius 1 is 1.56 bits per heavy atom. The highest BCUT2D eigenvalue weighted by Crippen LogP contribution is 2.13. The largest absolute Gasteiger partial charge is 0.440 e. The van der Waals surface area contributed by atoms with E-state index in [1.54, 1.807) is 6.07 Å². The number of nitrogens with two attached hydrogens (primary N) is 1. The summed E-state index contributed by atoms with van der Waals surface area (Å²) in [5.74, 6) is 0.421. The van der Waals surface area contributed by atoms with Gasteiger partial charge in [-0.1, -0.05) is 13.8 Å². The van der Waals surface area contributed by atoms with Crippen LogP contribution in [-0.4, -0.2) is 18.5 Å². The molecule has 1 rings (SSSR count). The Kier molecular flexibility index (Phi) is 4.83. The van der Waals surface area contributed by atoms with Gasteiger partial charge in [-0.3, -0.25) is 4.79 Å². The highest BCUT2D eigenvalue weighted by atomic mass is 35.5. The summed E-state index contributed by atoms with van der Waals surface area (Å²) in [6.07, 6.45) is 0.844. The lowest BCUT2D eigenvalue weighted by Gasteiger charge is -2.17. The molecule has 0 aliphatic carbocycles. The highest BCUT2D eigenvalue weighted by molar-refractivity contribution is 6.29. The van der Waals surface area contributed by atoms with Crippen LogP contribution in [0.5, 0.6) is 0 Å². The Morgan fingerprint density at radius 3 is 2.69 bits per heavy atom. The van der Waals surface area contributed by atoms with Gasteiger partial charge < -0.3 is 15.5 Å². The van der Waals surface area contributed by atoms with Gasteiger partial charge in [-0.15, -0.1) is 0 Å². The fourth-order valence-electron chi connectivity index (χ4n) is 1.48. The molecule has 0 fully saturated rings. The Morgan fingerprint density at radius 2 is 2.25 bits per heavy atom. The third kappa shape index (κ3) is 3.87. The number of carbonyl (C=O) groups is 1. The Hall–Kier alpha value is -1.00. The molecule has 90 valence electrons. The van der Waals surface area contributed by atoms with Gasteiger partial charge in [0.05, 0.1) is 0 Å². The van der Waals surface area contributed by atoms with E-state index in [-0.39, 0.29) is 22.9 Å². The standard InChI is InChI=1S/C11H17ClN2O2/c1-7(2)5-8(6-13)14-11(15)9-3-4-10(12)16-9/h3-4,7-8H,5-6,13H2,1-2H3,(H,14,15). The molecule has 0 saturated heterocycles. The van der Waals surface area contributed by atoms with Crippen molar-refractivity contribution in [2.45, 2.75) is 26.3 Å². The summed E-state index contributed by atoms with van der Waals surface area (Å²) in [5, 5.41) is 3.02. The maximum Gasteiger partial charge on any atom is 0.287 e. The van der Waals surface area contributed by atoms with Crippen LogP contribution in [0.15, 0.2) is 16.5 Å². The van der Waals surface area contributed by atoms with E-state index in [2.05, 4.69) is 19.2 Å². The fraction of sp³-hybridized carbons (Fsp3) is 0.545. The van der Waals surface area contributed by atoms with E-state index in [1.165, 1.54) is 6.07 Å². The number of amides is 1. The number of hydrogen-bond acceptors (Lipinski definition) is 3. The molecule has 0 saturated carbocycles. The molecule has 0 aliphatic rings. The molecule has 1 amide bonds. The highest BCUT2D eigenvalue weighted by Gasteiger charge is 2.16. The van der Waals surface area contributed by atoms with E-state index in [4.69, 9.17) is 21.8 Å². The van der Waals surface area contributed by atoms with Crippen molar-refractivity contribution in [3.63, 3.8) is 0 Å². The second kappa shape index (κ2) is 5.92. The minimum absolute atomic E-state index is 0.0311. The summed E-state index contributed by atoms with van der Waals surface area (Å²) < 4.78 is 5.01. The van der Waals surface area contributed by atoms with Crippen molar-refractivity contribution in [3.05, 3.63) is 23.1 Å². The number of hydrogen-bond donors (Lipinski definition) is 2. The van der Waals surface area contributed by atoms with E-state index >= 15 is 0 Å². The number of rotatable bonds is 5. The van der Waals surface area contributed by atoms with Crippen molar-refractivity contribution < 1.29 is 9.21 Å². The van der Waals surface area contributed by atoms with Crippen LogP contribution in [0.2, 0.25) is 5.22 Å². The van der Waals surface area contributed by atoms with Crippen molar-refractivity contribution in [2.75, 3.05) is 6.54 Å². The van der Waals surface area contributed by atoms with E-state index in [0.29, 0.717) is 12.5 Å². The molecule has 1 atom stereocenters. The summed E-state index contributed by atoms with van der Waals surface area (Å²) in [5.41, 5.74) is 5.58. The zero-order valence-electron chi connectivity index (χ0n) is 9.50. The summed E-state index contributed by atoms with van der Waals surface area (Å²) in [7, 11) is 0. The lowest BCUT2D eigenvalue weighted by molar-refractivity contribution is 0.0906. The van der Waals surface area contributed by atoms with Gasteiger partial charge in [-0.25, -0.2) is 0 Å². The van der Waals surface area contributed by atoms with Crippen molar-refractivity contribution in [1.29, 1.82) is 0 Å². The van der Waals surface area contributed by atoms with Gasteiger partial charge in [-0.05, 0) is 36.1 Å². The molecule has 0 spiro atoms. The van der Waals surface area contributed by atoms with Gasteiger partial charge in [0.25, 0.3) is 5.91 Å². The first-order valence-electron chi connectivity index (χ1n) is 5.29. The van der Waals surface area contributed by atoms with Gasteiger partial charge in [0.2, 0.25) is 0 Å². The van der Waals surface area contributed by atoms with Crippen molar-refractivity contribution in [3.8, 4) is 0 Å². The third-order valence-electron chi connectivity index (χ3n) is 2.17. The van der Waals surface area contributed by atoms with Gasteiger partial charge in [0, 0.05) is 12.6 Å². The molecule has 0 aromatic carbocycles. The zero-order valence-corrected chi connectivity index (χ0v) is 10.3. The topological polar surface area (TPSA) is 68.3 Å². The predicted molar refractivity (Wildman–Crippen MR) is 63.5 cm³/mol. The molecule has 1 unspecified atom stereocenters. The van der Waals surface area contributed by atoms with Crippen LogP contribution in [0.1, 0.15) is 30.8 Å². The summed E-state index contributed by atoms with van der Waals surface area (Å²) >= 11 is 5.59. The molecule has 4 nitrogen and oxygen atoms in total. The quantitative estimate of drug-likeness (QED) is 0.833. The number of nitrogens with one attached hydrogen (secondary N) is 1. The molecule has 0 radical (unpaired) electrons. The van der Waals surface area contributed by atoms with Crippen molar-refractivity contribution in [1.82, 2.24) is 5.32 Å². The van der Waals surface area contributed by atoms with Gasteiger partial charge in [0.15, 0.2) is 11.0 Å². The molecule has 1 heterocycles. The lowest BCUT2D eigenvalue weighted by atomic mass is 10.0. The van der Waals surface area contributed by atoms with E-state index in [9.17, 15) is 4.79 Å². The van der Waals surface area contributed by atoms with Crippen molar-refractivity contribution in [2.24, 2.45) is 11.7 Å². The molecule has 0 aliphatic heterocycles. The Balaban J connectivity index is 2.55. The van der Waals surface area contributed by atoms with E-state index in [1.807, 2.05) is 0 Å². The number of furan rings is 1. The Bertz CT molecular complexity index is 350. The second-order valence-electron chi connectivity index (χ2n) is 4.14. The average Bonchev–Trinajstić information content (AvgIpc) is 2.63. The zero-order chi connectivity index (χ0) is 12.1. The van der Waals surface area contributed by atoms with Gasteiger partial charge >= 0.3 is 0 Å². The van der Waals surface area contributed by atoms with Crippen LogP contribution < -0.4 is 11.1 Å². The first-order chi connectivity index (χ1) is 7.52. The van der Waals surface area contributed by atoms with Crippen LogP contribution in [0.25, 0.3) is 0 Å². The molecule has 0 bridgehead atoms. The lowest BCUT2D eigenvalue weighted by Crippen LogP contribution is -2.40. The monoisotopic (exact) mass is 244 g/mol. The van der Waals surface area contributed by atoms with Gasteiger partial charge in [-0.2, -0.15) is 0 Å². The summed E-state index contributed by atoms with van der Waals surface area (Å²) in [6, 6.07) is 3.05. The molecule has 5 heteroatoms. The number of halogens is 1. The molecule has 1 aromatic heterocycles. The Labute approximate surface area is 100 Å². The summed E-state index contributed by atoms with van der Waals surface area (Å²) in [6.45, 7) is 4.58.